The molecule has 0 radical (unpaired) electrons. The van der Waals surface area contributed by atoms with Crippen LogP contribution in [0.5, 0.6) is 0 Å². The van der Waals surface area contributed by atoms with Crippen molar-refractivity contribution in [3.05, 3.63) is 0 Å². The Morgan fingerprint density at radius 1 is 1.29 bits per heavy atom. The van der Waals surface area contributed by atoms with E-state index in [0.29, 0.717) is 0 Å². The number of rotatable bonds is 4. The molecule has 0 aromatic rings. The molecule has 0 aromatic heterocycles. The standard InChI is InChI=1S/C14H29N3/c1-15-14(10-12-5-7-16-8-6-12)13-4-3-9-17(2)11-13/h12-16H,3-11H2,1-2H3. The Balaban J connectivity index is 1.82. The van der Waals surface area contributed by atoms with E-state index < -0.39 is 0 Å². The molecule has 2 fully saturated rings. The van der Waals surface area contributed by atoms with E-state index in [-0.39, 0.29) is 0 Å². The second-order valence-corrected chi connectivity index (χ2v) is 5.99. The molecule has 100 valence electrons. The van der Waals surface area contributed by atoms with Gasteiger partial charge in [0.1, 0.15) is 0 Å². The summed E-state index contributed by atoms with van der Waals surface area (Å²) in [7, 11) is 4.42. The lowest BCUT2D eigenvalue weighted by atomic mass is 9.82. The van der Waals surface area contributed by atoms with E-state index in [1.807, 2.05) is 0 Å². The van der Waals surface area contributed by atoms with Crippen molar-refractivity contribution in [3.8, 4) is 0 Å². The Morgan fingerprint density at radius 2 is 2.06 bits per heavy atom. The predicted molar refractivity (Wildman–Crippen MR) is 73.3 cm³/mol. The van der Waals surface area contributed by atoms with Gasteiger partial charge in [0.25, 0.3) is 0 Å². The molecule has 0 bridgehead atoms. The van der Waals surface area contributed by atoms with Crippen LogP contribution in [0, 0.1) is 11.8 Å². The summed E-state index contributed by atoms with van der Waals surface area (Å²) in [6, 6.07) is 0.737. The molecule has 0 spiro atoms. The summed E-state index contributed by atoms with van der Waals surface area (Å²) in [4.78, 5) is 2.50. The average molecular weight is 239 g/mol. The molecule has 0 saturated carbocycles. The van der Waals surface area contributed by atoms with E-state index in [1.165, 1.54) is 58.3 Å². The summed E-state index contributed by atoms with van der Waals surface area (Å²) >= 11 is 0. The first kappa shape index (κ1) is 13.3. The van der Waals surface area contributed by atoms with Crippen LogP contribution in [-0.4, -0.2) is 51.2 Å². The van der Waals surface area contributed by atoms with E-state index in [0.717, 1.165) is 17.9 Å². The fraction of sp³-hybridized carbons (Fsp3) is 1.00. The van der Waals surface area contributed by atoms with Gasteiger partial charge in [-0.1, -0.05) is 0 Å². The van der Waals surface area contributed by atoms with Gasteiger partial charge in [-0.25, -0.2) is 0 Å². The zero-order valence-corrected chi connectivity index (χ0v) is 11.5. The van der Waals surface area contributed by atoms with Crippen molar-refractivity contribution in [1.29, 1.82) is 0 Å². The number of hydrogen-bond donors (Lipinski definition) is 2. The second-order valence-electron chi connectivity index (χ2n) is 5.99. The highest BCUT2D eigenvalue weighted by Crippen LogP contribution is 2.26. The molecule has 2 unspecified atom stereocenters. The first-order valence-electron chi connectivity index (χ1n) is 7.36. The quantitative estimate of drug-likeness (QED) is 0.774. The van der Waals surface area contributed by atoms with E-state index in [1.54, 1.807) is 0 Å². The number of hydrogen-bond acceptors (Lipinski definition) is 3. The highest BCUT2D eigenvalue weighted by Gasteiger charge is 2.27. The molecule has 2 aliphatic heterocycles. The van der Waals surface area contributed by atoms with Gasteiger partial charge in [-0.2, -0.15) is 0 Å². The van der Waals surface area contributed by atoms with Gasteiger partial charge in [-0.3, -0.25) is 0 Å². The lowest BCUT2D eigenvalue weighted by Crippen LogP contribution is -2.45. The minimum atomic E-state index is 0.737. The van der Waals surface area contributed by atoms with E-state index in [4.69, 9.17) is 0 Å². The summed E-state index contributed by atoms with van der Waals surface area (Å²) < 4.78 is 0. The van der Waals surface area contributed by atoms with Crippen LogP contribution < -0.4 is 10.6 Å². The monoisotopic (exact) mass is 239 g/mol. The average Bonchev–Trinajstić information content (AvgIpc) is 2.37. The number of nitrogens with one attached hydrogen (secondary N) is 2. The first-order chi connectivity index (χ1) is 8.29. The Bertz CT molecular complexity index is 214. The van der Waals surface area contributed by atoms with E-state index in [2.05, 4.69) is 29.6 Å². The maximum absolute atomic E-state index is 3.59. The SMILES string of the molecule is CNC(CC1CCNCC1)C1CCCN(C)C1. The summed E-state index contributed by atoms with van der Waals surface area (Å²) in [6.07, 6.45) is 6.94. The van der Waals surface area contributed by atoms with Gasteiger partial charge in [0.05, 0.1) is 0 Å². The molecule has 2 saturated heterocycles. The van der Waals surface area contributed by atoms with Gasteiger partial charge in [0.15, 0.2) is 0 Å². The molecule has 2 aliphatic rings. The van der Waals surface area contributed by atoms with E-state index >= 15 is 0 Å². The smallest absolute Gasteiger partial charge is 0.0107 e. The molecular formula is C14H29N3. The van der Waals surface area contributed by atoms with Gasteiger partial charge >= 0.3 is 0 Å². The van der Waals surface area contributed by atoms with Gasteiger partial charge < -0.3 is 15.5 Å². The van der Waals surface area contributed by atoms with Gasteiger partial charge in [-0.15, -0.1) is 0 Å². The van der Waals surface area contributed by atoms with Crippen LogP contribution in [0.2, 0.25) is 0 Å². The van der Waals surface area contributed by atoms with Crippen molar-refractivity contribution in [3.63, 3.8) is 0 Å². The largest absolute Gasteiger partial charge is 0.317 e. The van der Waals surface area contributed by atoms with Crippen molar-refractivity contribution >= 4 is 0 Å². The number of nitrogens with zero attached hydrogens (tertiary/aromatic N) is 1. The summed E-state index contributed by atoms with van der Waals surface area (Å²) in [5, 5.41) is 7.06. The van der Waals surface area contributed by atoms with Crippen LogP contribution in [0.15, 0.2) is 0 Å². The Labute approximate surface area is 106 Å². The highest BCUT2D eigenvalue weighted by atomic mass is 15.1. The third-order valence-electron chi connectivity index (χ3n) is 4.65. The Hall–Kier alpha value is -0.120. The first-order valence-corrected chi connectivity index (χ1v) is 7.36. The molecule has 2 N–H and O–H groups in total. The summed E-state index contributed by atoms with van der Waals surface area (Å²) in [6.45, 7) is 5.04. The van der Waals surface area contributed by atoms with Crippen LogP contribution in [0.1, 0.15) is 32.1 Å². The van der Waals surface area contributed by atoms with Gasteiger partial charge in [0, 0.05) is 12.6 Å². The van der Waals surface area contributed by atoms with Gasteiger partial charge in [-0.05, 0) is 77.7 Å². The number of piperidine rings is 2. The Morgan fingerprint density at radius 3 is 2.71 bits per heavy atom. The van der Waals surface area contributed by atoms with Crippen molar-refractivity contribution in [2.45, 2.75) is 38.1 Å². The lowest BCUT2D eigenvalue weighted by Gasteiger charge is -2.37. The third kappa shape index (κ3) is 3.94. The third-order valence-corrected chi connectivity index (χ3v) is 4.65. The molecule has 2 atom stereocenters. The van der Waals surface area contributed by atoms with Crippen LogP contribution in [0.25, 0.3) is 0 Å². The molecule has 3 nitrogen and oxygen atoms in total. The highest BCUT2D eigenvalue weighted by molar-refractivity contribution is 4.84. The van der Waals surface area contributed by atoms with Crippen molar-refractivity contribution < 1.29 is 0 Å². The van der Waals surface area contributed by atoms with Crippen LogP contribution in [0.3, 0.4) is 0 Å². The predicted octanol–water partition coefficient (Wildman–Crippen LogP) is 1.31. The van der Waals surface area contributed by atoms with Crippen molar-refractivity contribution in [2.24, 2.45) is 11.8 Å². The topological polar surface area (TPSA) is 27.3 Å². The minimum Gasteiger partial charge on any atom is -0.317 e. The molecular weight excluding hydrogens is 210 g/mol. The maximum Gasteiger partial charge on any atom is 0.0107 e. The molecule has 0 amide bonds. The molecule has 3 heteroatoms. The van der Waals surface area contributed by atoms with Crippen LogP contribution >= 0.6 is 0 Å². The summed E-state index contributed by atoms with van der Waals surface area (Å²) in [5.74, 6) is 1.81. The van der Waals surface area contributed by atoms with Crippen molar-refractivity contribution in [1.82, 2.24) is 15.5 Å². The molecule has 17 heavy (non-hydrogen) atoms. The van der Waals surface area contributed by atoms with E-state index in [9.17, 15) is 0 Å². The van der Waals surface area contributed by atoms with Gasteiger partial charge in [0.2, 0.25) is 0 Å². The van der Waals surface area contributed by atoms with Crippen molar-refractivity contribution in [2.75, 3.05) is 40.3 Å². The second kappa shape index (κ2) is 6.72. The summed E-state index contributed by atoms with van der Waals surface area (Å²) in [5.41, 5.74) is 0. The molecule has 2 heterocycles. The minimum absolute atomic E-state index is 0.737. The molecule has 0 aliphatic carbocycles. The molecule has 2 rings (SSSR count). The maximum atomic E-state index is 3.59. The zero-order valence-electron chi connectivity index (χ0n) is 11.5. The number of likely N-dealkylation sites (tertiary alicyclic amines) is 1. The fourth-order valence-electron chi connectivity index (χ4n) is 3.56. The Kier molecular flexibility index (Phi) is 5.26. The van der Waals surface area contributed by atoms with Crippen LogP contribution in [-0.2, 0) is 0 Å². The molecule has 0 aromatic carbocycles. The lowest BCUT2D eigenvalue weighted by molar-refractivity contribution is 0.157. The zero-order chi connectivity index (χ0) is 12.1. The fourth-order valence-corrected chi connectivity index (χ4v) is 3.56. The van der Waals surface area contributed by atoms with Crippen LogP contribution in [0.4, 0.5) is 0 Å². The normalized spacial score (nSPS) is 30.4.